The van der Waals surface area contributed by atoms with E-state index in [0.29, 0.717) is 19.1 Å². The van der Waals surface area contributed by atoms with Gasteiger partial charge in [-0.15, -0.1) is 0 Å². The summed E-state index contributed by atoms with van der Waals surface area (Å²) >= 11 is 0. The van der Waals surface area contributed by atoms with E-state index in [4.69, 9.17) is 4.74 Å². The molecule has 4 atom stereocenters. The Bertz CT molecular complexity index is 581. The Morgan fingerprint density at radius 1 is 1.24 bits per heavy atom. The van der Waals surface area contributed by atoms with Gasteiger partial charge in [0.15, 0.2) is 0 Å². The number of benzene rings is 1. The number of rotatable bonds is 7. The van der Waals surface area contributed by atoms with Gasteiger partial charge in [-0.1, -0.05) is 24.6 Å². The summed E-state index contributed by atoms with van der Waals surface area (Å²) in [7, 11) is 0. The maximum absolute atomic E-state index is 12.1. The van der Waals surface area contributed by atoms with Crippen molar-refractivity contribution in [3.63, 3.8) is 0 Å². The minimum Gasteiger partial charge on any atom is -0.493 e. The molecule has 2 amide bonds. The van der Waals surface area contributed by atoms with Gasteiger partial charge in [0.05, 0.1) is 6.61 Å². The SMILES string of the molecule is Cc1cccc(C)c1OCCCNC(=O)NC(C)C1CC2CCC1C2. The number of urea groups is 1. The molecular formula is C21H32N2O2. The lowest BCUT2D eigenvalue weighted by Crippen LogP contribution is -2.45. The summed E-state index contributed by atoms with van der Waals surface area (Å²) in [5, 5.41) is 6.11. The Hall–Kier alpha value is -1.71. The molecule has 2 bridgehead atoms. The van der Waals surface area contributed by atoms with Gasteiger partial charge in [0.25, 0.3) is 0 Å². The molecule has 2 aliphatic carbocycles. The smallest absolute Gasteiger partial charge is 0.315 e. The van der Waals surface area contributed by atoms with Gasteiger partial charge in [-0.25, -0.2) is 4.79 Å². The van der Waals surface area contributed by atoms with E-state index in [2.05, 4.69) is 43.5 Å². The number of fused-ring (bicyclic) bond motifs is 2. The van der Waals surface area contributed by atoms with E-state index in [1.165, 1.54) is 25.7 Å². The number of carbonyl (C=O) groups is 1. The van der Waals surface area contributed by atoms with Crippen LogP contribution in [-0.2, 0) is 0 Å². The summed E-state index contributed by atoms with van der Waals surface area (Å²) in [6, 6.07) is 6.40. The summed E-state index contributed by atoms with van der Waals surface area (Å²) in [5.41, 5.74) is 2.32. The Balaban J connectivity index is 1.32. The summed E-state index contributed by atoms with van der Waals surface area (Å²) in [4.78, 5) is 12.1. The molecule has 4 nitrogen and oxygen atoms in total. The minimum absolute atomic E-state index is 0.0395. The van der Waals surface area contributed by atoms with Crippen molar-refractivity contribution in [2.24, 2.45) is 17.8 Å². The van der Waals surface area contributed by atoms with Crippen LogP contribution in [0.3, 0.4) is 0 Å². The van der Waals surface area contributed by atoms with Gasteiger partial charge in [0, 0.05) is 12.6 Å². The molecule has 138 valence electrons. The predicted molar refractivity (Wildman–Crippen MR) is 101 cm³/mol. The number of aryl methyl sites for hydroxylation is 2. The largest absolute Gasteiger partial charge is 0.493 e. The fourth-order valence-corrected chi connectivity index (χ4v) is 4.75. The number of hydrogen-bond acceptors (Lipinski definition) is 2. The van der Waals surface area contributed by atoms with E-state index >= 15 is 0 Å². The average Bonchev–Trinajstić information content (AvgIpc) is 3.20. The number of amides is 2. The monoisotopic (exact) mass is 344 g/mol. The van der Waals surface area contributed by atoms with Crippen molar-refractivity contribution < 1.29 is 9.53 Å². The van der Waals surface area contributed by atoms with Gasteiger partial charge in [0.1, 0.15) is 5.75 Å². The lowest BCUT2D eigenvalue weighted by molar-refractivity contribution is 0.219. The van der Waals surface area contributed by atoms with E-state index in [1.807, 2.05) is 6.07 Å². The number of nitrogens with one attached hydrogen (secondary N) is 2. The van der Waals surface area contributed by atoms with Crippen LogP contribution in [0.1, 0.15) is 50.2 Å². The third kappa shape index (κ3) is 4.47. The molecule has 2 aliphatic rings. The van der Waals surface area contributed by atoms with Crippen LogP contribution in [0.4, 0.5) is 4.79 Å². The molecule has 0 aromatic heterocycles. The molecule has 0 spiro atoms. The maximum atomic E-state index is 12.1. The zero-order valence-electron chi connectivity index (χ0n) is 15.8. The highest BCUT2D eigenvalue weighted by Crippen LogP contribution is 2.49. The fourth-order valence-electron chi connectivity index (χ4n) is 4.75. The van der Waals surface area contributed by atoms with E-state index in [9.17, 15) is 4.79 Å². The molecule has 4 heteroatoms. The Morgan fingerprint density at radius 2 is 2.00 bits per heavy atom. The highest BCUT2D eigenvalue weighted by Gasteiger charge is 2.42. The van der Waals surface area contributed by atoms with Crippen LogP contribution in [0.25, 0.3) is 0 Å². The zero-order chi connectivity index (χ0) is 17.8. The van der Waals surface area contributed by atoms with Crippen molar-refractivity contribution in [1.82, 2.24) is 10.6 Å². The van der Waals surface area contributed by atoms with E-state index in [-0.39, 0.29) is 12.1 Å². The van der Waals surface area contributed by atoms with Gasteiger partial charge < -0.3 is 15.4 Å². The number of para-hydroxylation sites is 1. The average molecular weight is 344 g/mol. The second-order valence-electron chi connectivity index (χ2n) is 7.95. The van der Waals surface area contributed by atoms with Crippen LogP contribution in [0.15, 0.2) is 18.2 Å². The lowest BCUT2D eigenvalue weighted by Gasteiger charge is -2.28. The van der Waals surface area contributed by atoms with Gasteiger partial charge in [-0.3, -0.25) is 0 Å². The normalized spacial score (nSPS) is 25.6. The first-order valence-electron chi connectivity index (χ1n) is 9.78. The molecule has 0 radical (unpaired) electrons. The van der Waals surface area contributed by atoms with Gasteiger partial charge in [-0.05, 0) is 75.3 Å². The molecular weight excluding hydrogens is 312 g/mol. The fraction of sp³-hybridized carbons (Fsp3) is 0.667. The topological polar surface area (TPSA) is 50.4 Å². The summed E-state index contributed by atoms with van der Waals surface area (Å²) < 4.78 is 5.87. The standard InChI is InChI=1S/C21H32N2O2/c1-14-6-4-7-15(2)20(14)25-11-5-10-22-21(24)23-16(3)19-13-17-8-9-18(19)12-17/h4,6-7,16-19H,5,8-13H2,1-3H3,(H2,22,23,24). The molecule has 0 saturated heterocycles. The molecule has 1 aromatic carbocycles. The van der Waals surface area contributed by atoms with Crippen LogP contribution >= 0.6 is 0 Å². The van der Waals surface area contributed by atoms with Crippen molar-refractivity contribution in [2.45, 2.75) is 58.9 Å². The van der Waals surface area contributed by atoms with Gasteiger partial charge in [0.2, 0.25) is 0 Å². The van der Waals surface area contributed by atoms with Crippen molar-refractivity contribution in [2.75, 3.05) is 13.2 Å². The molecule has 2 N–H and O–H groups in total. The number of hydrogen-bond donors (Lipinski definition) is 2. The molecule has 1 aromatic rings. The van der Waals surface area contributed by atoms with Crippen LogP contribution < -0.4 is 15.4 Å². The van der Waals surface area contributed by atoms with Crippen LogP contribution in [0.2, 0.25) is 0 Å². The first-order chi connectivity index (χ1) is 12.0. The lowest BCUT2D eigenvalue weighted by atomic mass is 9.84. The van der Waals surface area contributed by atoms with Gasteiger partial charge >= 0.3 is 6.03 Å². The highest BCUT2D eigenvalue weighted by molar-refractivity contribution is 5.74. The first-order valence-corrected chi connectivity index (χ1v) is 9.78. The predicted octanol–water partition coefficient (Wildman–Crippen LogP) is 4.20. The van der Waals surface area contributed by atoms with Crippen molar-refractivity contribution in [1.29, 1.82) is 0 Å². The molecule has 4 unspecified atom stereocenters. The van der Waals surface area contributed by atoms with E-state index in [1.54, 1.807) is 0 Å². The molecule has 0 heterocycles. The van der Waals surface area contributed by atoms with Crippen LogP contribution in [0, 0.1) is 31.6 Å². The van der Waals surface area contributed by atoms with Crippen LogP contribution in [0.5, 0.6) is 5.75 Å². The quantitative estimate of drug-likeness (QED) is 0.729. The zero-order valence-corrected chi connectivity index (χ0v) is 15.8. The number of carbonyl (C=O) groups excluding carboxylic acids is 1. The van der Waals surface area contributed by atoms with Crippen LogP contribution in [-0.4, -0.2) is 25.2 Å². The van der Waals surface area contributed by atoms with Crippen molar-refractivity contribution in [3.05, 3.63) is 29.3 Å². The minimum atomic E-state index is -0.0395. The summed E-state index contributed by atoms with van der Waals surface area (Å²) in [5.74, 6) is 3.41. The third-order valence-corrected chi connectivity index (χ3v) is 6.06. The molecule has 0 aliphatic heterocycles. The van der Waals surface area contributed by atoms with Crippen molar-refractivity contribution >= 4 is 6.03 Å². The van der Waals surface area contributed by atoms with Crippen molar-refractivity contribution in [3.8, 4) is 5.75 Å². The Morgan fingerprint density at radius 3 is 2.64 bits per heavy atom. The first kappa shape index (κ1) is 18.1. The molecule has 25 heavy (non-hydrogen) atoms. The highest BCUT2D eigenvalue weighted by atomic mass is 16.5. The molecule has 2 saturated carbocycles. The Kier molecular flexibility index (Phi) is 5.87. The second-order valence-corrected chi connectivity index (χ2v) is 7.95. The summed E-state index contributed by atoms with van der Waals surface area (Å²) in [6.45, 7) is 7.54. The van der Waals surface area contributed by atoms with Gasteiger partial charge in [-0.2, -0.15) is 0 Å². The Labute approximate surface area is 151 Å². The molecule has 3 rings (SSSR count). The molecule has 2 fully saturated rings. The van der Waals surface area contributed by atoms with E-state index < -0.39 is 0 Å². The maximum Gasteiger partial charge on any atom is 0.315 e. The van der Waals surface area contributed by atoms with E-state index in [0.717, 1.165) is 35.1 Å². The second kappa shape index (κ2) is 8.11. The summed E-state index contributed by atoms with van der Waals surface area (Å²) in [6.07, 6.45) is 6.26. The third-order valence-electron chi connectivity index (χ3n) is 6.06. The number of ether oxygens (including phenoxy) is 1.